The van der Waals surface area contributed by atoms with Gasteiger partial charge in [-0.15, -0.1) is 0 Å². The van der Waals surface area contributed by atoms with Crippen LogP contribution >= 0.6 is 31.9 Å². The number of benzene rings is 4. The molecular weight excluding hydrogens is 584 g/mol. The first-order valence-electron chi connectivity index (χ1n) is 11.5. The summed E-state index contributed by atoms with van der Waals surface area (Å²) in [6.45, 7) is 0. The molecule has 7 heteroatoms. The Labute approximate surface area is 224 Å². The molecule has 4 aromatic carbocycles. The highest BCUT2D eigenvalue weighted by Crippen LogP contribution is 2.53. The van der Waals surface area contributed by atoms with E-state index in [1.54, 1.807) is 0 Å². The monoisotopic (exact) mass is 602 g/mol. The van der Waals surface area contributed by atoms with E-state index < -0.39 is 18.1 Å². The van der Waals surface area contributed by atoms with Gasteiger partial charge in [0.15, 0.2) is 6.10 Å². The zero-order valence-corrected chi connectivity index (χ0v) is 22.1. The fraction of sp³-hybridized carbons (Fsp3) is 0.103. The molecule has 6 rings (SSSR count). The summed E-state index contributed by atoms with van der Waals surface area (Å²) in [6.07, 6.45) is -0.770. The SMILES string of the molecule is O=[N+]([O-])[C@H]1[C@H](c2c(-c3ccccc3)[nH]c3ccccc23)c2cc(Br)cc(Br)c2O[C@H]1c1ccccc1. The Morgan fingerprint density at radius 3 is 2.25 bits per heavy atom. The van der Waals surface area contributed by atoms with Crippen molar-refractivity contribution in [2.45, 2.75) is 18.1 Å². The van der Waals surface area contributed by atoms with Gasteiger partial charge >= 0.3 is 0 Å². The molecule has 0 bridgehead atoms. The smallest absolute Gasteiger partial charge is 0.264 e. The Hall–Kier alpha value is -3.42. The number of H-pyrrole nitrogens is 1. The van der Waals surface area contributed by atoms with Crippen LogP contribution in [0.4, 0.5) is 0 Å². The maximum absolute atomic E-state index is 12.9. The molecule has 0 saturated heterocycles. The minimum atomic E-state index is -1.05. The number of hydrogen-bond acceptors (Lipinski definition) is 3. The van der Waals surface area contributed by atoms with E-state index in [0.29, 0.717) is 5.75 Å². The lowest BCUT2D eigenvalue weighted by Gasteiger charge is -2.36. The summed E-state index contributed by atoms with van der Waals surface area (Å²) in [7, 11) is 0. The molecular formula is C29H20Br2N2O3. The summed E-state index contributed by atoms with van der Waals surface area (Å²) in [5.74, 6) is 0.0496. The second-order valence-corrected chi connectivity index (χ2v) is 10.6. The molecule has 36 heavy (non-hydrogen) atoms. The number of rotatable bonds is 4. The van der Waals surface area contributed by atoms with Crippen molar-refractivity contribution in [1.29, 1.82) is 0 Å². The third kappa shape index (κ3) is 3.83. The molecule has 178 valence electrons. The van der Waals surface area contributed by atoms with Gasteiger partial charge in [0, 0.05) is 31.4 Å². The third-order valence-electron chi connectivity index (χ3n) is 6.76. The molecule has 0 amide bonds. The molecule has 2 heterocycles. The van der Waals surface area contributed by atoms with Gasteiger partial charge in [-0.1, -0.05) is 94.8 Å². The minimum Gasteiger partial charge on any atom is -0.477 e. The fourth-order valence-electron chi connectivity index (χ4n) is 5.28. The molecule has 0 aliphatic carbocycles. The Morgan fingerprint density at radius 1 is 0.861 bits per heavy atom. The fourth-order valence-corrected chi connectivity index (χ4v) is 6.63. The lowest BCUT2D eigenvalue weighted by Crippen LogP contribution is -2.41. The van der Waals surface area contributed by atoms with Crippen LogP contribution in [0, 0.1) is 10.1 Å². The van der Waals surface area contributed by atoms with E-state index >= 15 is 0 Å². The lowest BCUT2D eigenvalue weighted by molar-refractivity contribution is -0.538. The zero-order valence-electron chi connectivity index (χ0n) is 18.9. The van der Waals surface area contributed by atoms with Gasteiger partial charge in [-0.2, -0.15) is 0 Å². The second-order valence-electron chi connectivity index (χ2n) is 8.83. The summed E-state index contributed by atoms with van der Waals surface area (Å²) in [5, 5.41) is 13.9. The van der Waals surface area contributed by atoms with Crippen molar-refractivity contribution in [2.75, 3.05) is 0 Å². The maximum atomic E-state index is 12.9. The summed E-state index contributed by atoms with van der Waals surface area (Å²) in [4.78, 5) is 16.3. The lowest BCUT2D eigenvalue weighted by atomic mass is 9.77. The number of fused-ring (bicyclic) bond motifs is 2. The first-order valence-corrected chi connectivity index (χ1v) is 13.1. The van der Waals surface area contributed by atoms with E-state index in [-0.39, 0.29) is 4.92 Å². The van der Waals surface area contributed by atoms with Crippen LogP contribution in [-0.4, -0.2) is 15.9 Å². The van der Waals surface area contributed by atoms with Crippen LogP contribution in [0.1, 0.15) is 28.7 Å². The van der Waals surface area contributed by atoms with E-state index in [1.807, 2.05) is 97.1 Å². The normalized spacial score (nSPS) is 19.0. The number of nitrogens with one attached hydrogen (secondary N) is 1. The predicted octanol–water partition coefficient (Wildman–Crippen LogP) is 8.27. The summed E-state index contributed by atoms with van der Waals surface area (Å²) in [5.41, 5.74) is 5.23. The molecule has 1 aliphatic rings. The van der Waals surface area contributed by atoms with Crippen LogP contribution in [0.2, 0.25) is 0 Å². The average molecular weight is 604 g/mol. The first-order chi connectivity index (χ1) is 17.5. The minimum absolute atomic E-state index is 0.184. The number of nitro groups is 1. The number of halogens is 2. The van der Waals surface area contributed by atoms with Crippen LogP contribution in [0.3, 0.4) is 0 Å². The first kappa shape index (κ1) is 23.0. The second kappa shape index (κ2) is 9.22. The summed E-state index contributed by atoms with van der Waals surface area (Å²) in [6, 6.07) is 30.2. The Balaban J connectivity index is 1.70. The maximum Gasteiger partial charge on any atom is 0.264 e. The number of nitrogens with zero attached hydrogens (tertiary/aromatic N) is 1. The average Bonchev–Trinajstić information content (AvgIpc) is 3.28. The number of para-hydroxylation sites is 1. The molecule has 5 aromatic rings. The molecule has 1 aromatic heterocycles. The molecule has 0 saturated carbocycles. The van der Waals surface area contributed by atoms with Crippen molar-refractivity contribution in [3.8, 4) is 17.0 Å². The Morgan fingerprint density at radius 2 is 1.53 bits per heavy atom. The van der Waals surface area contributed by atoms with Crippen LogP contribution in [-0.2, 0) is 0 Å². The van der Waals surface area contributed by atoms with Crippen LogP contribution in [0.5, 0.6) is 5.75 Å². The van der Waals surface area contributed by atoms with Gasteiger partial charge in [-0.25, -0.2) is 0 Å². The van der Waals surface area contributed by atoms with E-state index in [9.17, 15) is 10.1 Å². The predicted molar refractivity (Wildman–Crippen MR) is 148 cm³/mol. The zero-order chi connectivity index (χ0) is 24.8. The number of aromatic nitrogens is 1. The summed E-state index contributed by atoms with van der Waals surface area (Å²) < 4.78 is 8.02. The molecule has 3 atom stereocenters. The third-order valence-corrected chi connectivity index (χ3v) is 7.81. The van der Waals surface area contributed by atoms with Gasteiger partial charge in [0.2, 0.25) is 0 Å². The molecule has 0 unspecified atom stereocenters. The van der Waals surface area contributed by atoms with E-state index in [1.165, 1.54) is 0 Å². The van der Waals surface area contributed by atoms with Crippen LogP contribution < -0.4 is 4.74 Å². The van der Waals surface area contributed by atoms with Crippen molar-refractivity contribution in [3.05, 3.63) is 133 Å². The molecule has 0 radical (unpaired) electrons. The van der Waals surface area contributed by atoms with Gasteiger partial charge in [-0.05, 0) is 45.3 Å². The Kier molecular flexibility index (Phi) is 5.90. The molecule has 1 N–H and O–H groups in total. The molecule has 0 fully saturated rings. The van der Waals surface area contributed by atoms with Crippen molar-refractivity contribution in [3.63, 3.8) is 0 Å². The van der Waals surface area contributed by atoms with Crippen molar-refractivity contribution in [2.24, 2.45) is 0 Å². The van der Waals surface area contributed by atoms with Crippen molar-refractivity contribution < 1.29 is 9.66 Å². The van der Waals surface area contributed by atoms with E-state index in [0.717, 1.165) is 47.8 Å². The number of ether oxygens (including phenoxy) is 1. The van der Waals surface area contributed by atoms with Gasteiger partial charge in [0.25, 0.3) is 6.04 Å². The highest BCUT2D eigenvalue weighted by atomic mass is 79.9. The molecule has 0 spiro atoms. The van der Waals surface area contributed by atoms with Crippen molar-refractivity contribution >= 4 is 42.8 Å². The van der Waals surface area contributed by atoms with E-state index in [4.69, 9.17) is 4.74 Å². The standard InChI is InChI=1S/C29H20Br2N2O3/c30-19-15-21-25(24-20-13-7-8-14-23(20)32-26(24)17-9-3-1-4-10-17)27(33(34)35)28(18-11-5-2-6-12-18)36-29(21)22(31)16-19/h1-16,25,27-28,32H/t25-,27-,28-/m0/s1. The molecule has 5 nitrogen and oxygen atoms in total. The molecule has 1 aliphatic heterocycles. The highest BCUT2D eigenvalue weighted by Gasteiger charge is 2.50. The largest absolute Gasteiger partial charge is 0.477 e. The Bertz CT molecular complexity index is 1590. The number of aromatic amines is 1. The van der Waals surface area contributed by atoms with Gasteiger partial charge < -0.3 is 9.72 Å². The number of hydrogen-bond donors (Lipinski definition) is 1. The van der Waals surface area contributed by atoms with Crippen LogP contribution in [0.25, 0.3) is 22.2 Å². The van der Waals surface area contributed by atoms with Gasteiger partial charge in [-0.3, -0.25) is 10.1 Å². The van der Waals surface area contributed by atoms with Crippen molar-refractivity contribution in [1.82, 2.24) is 4.98 Å². The summed E-state index contributed by atoms with van der Waals surface area (Å²) >= 11 is 7.26. The topological polar surface area (TPSA) is 68.2 Å². The van der Waals surface area contributed by atoms with Gasteiger partial charge in [0.1, 0.15) is 5.75 Å². The quantitative estimate of drug-likeness (QED) is 0.166. The highest BCUT2D eigenvalue weighted by molar-refractivity contribution is 9.11. The van der Waals surface area contributed by atoms with E-state index in [2.05, 4.69) is 36.8 Å². The van der Waals surface area contributed by atoms with Crippen LogP contribution in [0.15, 0.2) is 106 Å². The van der Waals surface area contributed by atoms with Gasteiger partial charge in [0.05, 0.1) is 16.1 Å².